The molecule has 1 aliphatic heterocycles. The third-order valence-electron chi connectivity index (χ3n) is 4.98. The van der Waals surface area contributed by atoms with Gasteiger partial charge in [0.1, 0.15) is 0 Å². The van der Waals surface area contributed by atoms with E-state index in [1.165, 1.54) is 11.1 Å². The Morgan fingerprint density at radius 2 is 1.72 bits per heavy atom. The number of piperidine rings is 1. The van der Waals surface area contributed by atoms with E-state index in [0.29, 0.717) is 12.8 Å². The summed E-state index contributed by atoms with van der Waals surface area (Å²) >= 11 is 0. The highest BCUT2D eigenvalue weighted by atomic mass is 16.2. The largest absolute Gasteiger partial charge is 0.353 e. The van der Waals surface area contributed by atoms with Crippen LogP contribution in [0.1, 0.15) is 64.5 Å². The Bertz CT molecular complexity index is 579. The second-order valence-electron chi connectivity index (χ2n) is 8.02. The molecule has 0 aliphatic carbocycles. The van der Waals surface area contributed by atoms with E-state index < -0.39 is 0 Å². The first-order valence-corrected chi connectivity index (χ1v) is 9.46. The van der Waals surface area contributed by atoms with E-state index in [1.54, 1.807) is 0 Å². The van der Waals surface area contributed by atoms with Gasteiger partial charge in [-0.1, -0.05) is 52.0 Å². The van der Waals surface area contributed by atoms with Crippen LogP contribution < -0.4 is 5.32 Å². The van der Waals surface area contributed by atoms with Crippen molar-refractivity contribution in [3.8, 4) is 0 Å². The van der Waals surface area contributed by atoms with E-state index in [0.717, 1.165) is 32.4 Å². The minimum Gasteiger partial charge on any atom is -0.353 e. The van der Waals surface area contributed by atoms with Crippen molar-refractivity contribution in [2.24, 2.45) is 0 Å². The Morgan fingerprint density at radius 1 is 1.12 bits per heavy atom. The predicted octanol–water partition coefficient (Wildman–Crippen LogP) is 3.43. The van der Waals surface area contributed by atoms with E-state index in [2.05, 4.69) is 50.4 Å². The maximum atomic E-state index is 12.4. The third-order valence-corrected chi connectivity index (χ3v) is 4.98. The molecule has 0 unspecified atom stereocenters. The fraction of sp³-hybridized carbons (Fsp3) is 0.619. The number of aryl methyl sites for hydroxylation is 1. The number of benzene rings is 1. The lowest BCUT2D eigenvalue weighted by molar-refractivity contribution is -0.132. The topological polar surface area (TPSA) is 49.4 Å². The van der Waals surface area contributed by atoms with Gasteiger partial charge in [-0.25, -0.2) is 0 Å². The van der Waals surface area contributed by atoms with Crippen molar-refractivity contribution >= 4 is 11.8 Å². The highest BCUT2D eigenvalue weighted by Gasteiger charge is 2.23. The summed E-state index contributed by atoms with van der Waals surface area (Å²) in [6, 6.07) is 8.84. The molecule has 0 radical (unpaired) electrons. The van der Waals surface area contributed by atoms with Crippen molar-refractivity contribution < 1.29 is 9.59 Å². The molecular formula is C21H32N2O2. The number of nitrogens with zero attached hydrogens (tertiary/aromatic N) is 1. The summed E-state index contributed by atoms with van der Waals surface area (Å²) in [5, 5.41) is 3.03. The number of likely N-dealkylation sites (tertiary alicyclic amines) is 1. The summed E-state index contributed by atoms with van der Waals surface area (Å²) in [4.78, 5) is 25.8. The molecule has 25 heavy (non-hydrogen) atoms. The van der Waals surface area contributed by atoms with E-state index in [1.807, 2.05) is 11.8 Å². The van der Waals surface area contributed by atoms with Crippen molar-refractivity contribution in [1.82, 2.24) is 10.2 Å². The van der Waals surface area contributed by atoms with Crippen LogP contribution in [0.3, 0.4) is 0 Å². The van der Waals surface area contributed by atoms with Gasteiger partial charge in [0.15, 0.2) is 0 Å². The van der Waals surface area contributed by atoms with Gasteiger partial charge in [0.05, 0.1) is 0 Å². The van der Waals surface area contributed by atoms with E-state index >= 15 is 0 Å². The number of nitrogens with one attached hydrogen (secondary N) is 1. The zero-order valence-electron chi connectivity index (χ0n) is 16.1. The smallest absolute Gasteiger partial charge is 0.222 e. The highest BCUT2D eigenvalue weighted by molar-refractivity contribution is 5.77. The van der Waals surface area contributed by atoms with Gasteiger partial charge in [0.25, 0.3) is 0 Å². The first-order valence-electron chi connectivity index (χ1n) is 9.46. The van der Waals surface area contributed by atoms with Crippen molar-refractivity contribution in [2.75, 3.05) is 13.1 Å². The average Bonchev–Trinajstić information content (AvgIpc) is 2.59. The van der Waals surface area contributed by atoms with Crippen LogP contribution in [-0.2, 0) is 21.4 Å². The van der Waals surface area contributed by atoms with Gasteiger partial charge in [-0.15, -0.1) is 0 Å². The molecule has 2 amide bonds. The lowest BCUT2D eigenvalue weighted by Crippen LogP contribution is -2.46. The summed E-state index contributed by atoms with van der Waals surface area (Å²) in [5.74, 6) is 0.323. The predicted molar refractivity (Wildman–Crippen MR) is 101 cm³/mol. The first kappa shape index (κ1) is 19.5. The molecular weight excluding hydrogens is 312 g/mol. The summed E-state index contributed by atoms with van der Waals surface area (Å²) in [5.41, 5.74) is 2.69. The SMILES string of the molecule is CCC(=O)NC1CCN(C(=O)CCc2ccc(C(C)(C)C)cc2)CC1. The normalized spacial score (nSPS) is 15.9. The first-order chi connectivity index (χ1) is 11.8. The molecule has 0 atom stereocenters. The number of carbonyl (C=O) groups is 2. The molecule has 1 saturated heterocycles. The molecule has 138 valence electrons. The van der Waals surface area contributed by atoms with Crippen LogP contribution in [0.5, 0.6) is 0 Å². The van der Waals surface area contributed by atoms with Gasteiger partial charge in [-0.3, -0.25) is 9.59 Å². The maximum Gasteiger partial charge on any atom is 0.222 e. The second-order valence-corrected chi connectivity index (χ2v) is 8.02. The molecule has 0 bridgehead atoms. The van der Waals surface area contributed by atoms with Gasteiger partial charge in [0, 0.05) is 32.0 Å². The molecule has 0 spiro atoms. The van der Waals surface area contributed by atoms with Gasteiger partial charge >= 0.3 is 0 Å². The zero-order valence-corrected chi connectivity index (χ0v) is 16.1. The van der Waals surface area contributed by atoms with Gasteiger partial charge in [0.2, 0.25) is 11.8 Å². The Labute approximate surface area is 152 Å². The molecule has 1 N–H and O–H groups in total. The third kappa shape index (κ3) is 5.87. The zero-order chi connectivity index (χ0) is 18.4. The minimum atomic E-state index is 0.100. The molecule has 4 heteroatoms. The number of rotatable bonds is 5. The molecule has 0 aromatic heterocycles. The van der Waals surface area contributed by atoms with Crippen molar-refractivity contribution in [2.45, 2.75) is 71.3 Å². The molecule has 1 aliphatic rings. The van der Waals surface area contributed by atoms with Crippen LogP contribution in [0.25, 0.3) is 0 Å². The second kappa shape index (κ2) is 8.50. The van der Waals surface area contributed by atoms with Crippen molar-refractivity contribution in [3.63, 3.8) is 0 Å². The Balaban J connectivity index is 1.77. The van der Waals surface area contributed by atoms with Crippen LogP contribution in [0.4, 0.5) is 0 Å². The van der Waals surface area contributed by atoms with Gasteiger partial charge < -0.3 is 10.2 Å². The fourth-order valence-electron chi connectivity index (χ4n) is 3.18. The van der Waals surface area contributed by atoms with Crippen LogP contribution in [0, 0.1) is 0 Å². The van der Waals surface area contributed by atoms with Crippen LogP contribution >= 0.6 is 0 Å². The Morgan fingerprint density at radius 3 is 2.24 bits per heavy atom. The number of hydrogen-bond acceptors (Lipinski definition) is 2. The van der Waals surface area contributed by atoms with Gasteiger partial charge in [-0.05, 0) is 35.8 Å². The minimum absolute atomic E-state index is 0.100. The lowest BCUT2D eigenvalue weighted by Gasteiger charge is -2.32. The van der Waals surface area contributed by atoms with Gasteiger partial charge in [-0.2, -0.15) is 0 Å². The maximum absolute atomic E-state index is 12.4. The average molecular weight is 344 g/mol. The fourth-order valence-corrected chi connectivity index (χ4v) is 3.18. The molecule has 1 aromatic rings. The van der Waals surface area contributed by atoms with E-state index in [9.17, 15) is 9.59 Å². The van der Waals surface area contributed by atoms with E-state index in [4.69, 9.17) is 0 Å². The number of amides is 2. The molecule has 0 saturated carbocycles. The Kier molecular flexibility index (Phi) is 6.63. The summed E-state index contributed by atoms with van der Waals surface area (Å²) in [6.45, 7) is 9.98. The molecule has 4 nitrogen and oxygen atoms in total. The van der Waals surface area contributed by atoms with Crippen LogP contribution in [0.15, 0.2) is 24.3 Å². The Hall–Kier alpha value is -1.84. The number of carbonyl (C=O) groups excluding carboxylic acids is 2. The summed E-state index contributed by atoms with van der Waals surface area (Å²) in [7, 11) is 0. The van der Waals surface area contributed by atoms with E-state index in [-0.39, 0.29) is 23.3 Å². The quantitative estimate of drug-likeness (QED) is 0.889. The standard InChI is InChI=1S/C21H32N2O2/c1-5-19(24)22-18-12-14-23(15-13-18)20(25)11-8-16-6-9-17(10-7-16)21(2,3)4/h6-7,9-10,18H,5,8,11-15H2,1-4H3,(H,22,24). The molecule has 1 aromatic carbocycles. The summed E-state index contributed by atoms with van der Waals surface area (Å²) in [6.07, 6.45) is 3.58. The van der Waals surface area contributed by atoms with Crippen LogP contribution in [0.2, 0.25) is 0 Å². The lowest BCUT2D eigenvalue weighted by atomic mass is 9.86. The highest BCUT2D eigenvalue weighted by Crippen LogP contribution is 2.22. The molecule has 1 fully saturated rings. The van der Waals surface area contributed by atoms with Crippen LogP contribution in [-0.4, -0.2) is 35.8 Å². The molecule has 2 rings (SSSR count). The van der Waals surface area contributed by atoms with Crippen molar-refractivity contribution in [3.05, 3.63) is 35.4 Å². The molecule has 1 heterocycles. The van der Waals surface area contributed by atoms with Crippen molar-refractivity contribution in [1.29, 1.82) is 0 Å². The summed E-state index contributed by atoms with van der Waals surface area (Å²) < 4.78 is 0. The monoisotopic (exact) mass is 344 g/mol. The number of hydrogen-bond donors (Lipinski definition) is 1.